The van der Waals surface area contributed by atoms with Gasteiger partial charge in [0.05, 0.1) is 13.3 Å². The van der Waals surface area contributed by atoms with Crippen LogP contribution < -0.4 is 15.5 Å². The molecule has 150 valence electrons. The number of anilines is 1. The van der Waals surface area contributed by atoms with Gasteiger partial charge in [0.1, 0.15) is 6.54 Å². The van der Waals surface area contributed by atoms with Crippen molar-refractivity contribution in [2.24, 2.45) is 0 Å². The number of benzene rings is 2. The van der Waals surface area contributed by atoms with Gasteiger partial charge in [0.15, 0.2) is 5.75 Å². The van der Waals surface area contributed by atoms with E-state index < -0.39 is 0 Å². The molecule has 2 aromatic carbocycles. The van der Waals surface area contributed by atoms with E-state index in [1.54, 1.807) is 22.5 Å². The monoisotopic (exact) mass is 472 g/mol. The van der Waals surface area contributed by atoms with Crippen molar-refractivity contribution in [2.75, 3.05) is 12.4 Å². The predicted molar refractivity (Wildman–Crippen MR) is 121 cm³/mol. The Balaban J connectivity index is 1.77. The topological polar surface area (TPSA) is 60.3 Å². The van der Waals surface area contributed by atoms with Crippen LogP contribution in [-0.4, -0.2) is 17.6 Å². The Hall–Kier alpha value is -2.51. The van der Waals surface area contributed by atoms with Crippen LogP contribution in [0.25, 0.3) is 0 Å². The number of pyridine rings is 1. The predicted octanol–water partition coefficient (Wildman–Crippen LogP) is 4.86. The van der Waals surface area contributed by atoms with Crippen LogP contribution in [-0.2, 0) is 17.1 Å². The minimum absolute atomic E-state index is 0.0799. The van der Waals surface area contributed by atoms with Crippen molar-refractivity contribution in [1.82, 2.24) is 4.57 Å². The summed E-state index contributed by atoms with van der Waals surface area (Å²) in [4.78, 5) is 25.9. The maximum absolute atomic E-state index is 12.5. The number of hydrogen-bond donors (Lipinski definition) is 1. The number of amides is 1. The minimum Gasteiger partial charge on any atom is -0.491 e. The van der Waals surface area contributed by atoms with Crippen molar-refractivity contribution < 1.29 is 9.53 Å². The Bertz CT molecular complexity index is 1050. The largest absolute Gasteiger partial charge is 0.491 e. The van der Waals surface area contributed by atoms with Gasteiger partial charge in [-0.2, -0.15) is 0 Å². The second kappa shape index (κ2) is 9.80. The minimum atomic E-state index is -0.198. The molecular weight excluding hydrogens is 452 g/mol. The highest BCUT2D eigenvalue weighted by Gasteiger charge is 2.11. The zero-order chi connectivity index (χ0) is 20.8. The number of halogens is 1. The molecule has 0 aliphatic carbocycles. The SMILES string of the molecule is COc1cn(CC(=O)Nc2ccc(Br)cc2)c(CSc2ccc(C)cc2)cc1=O. The molecule has 3 aromatic rings. The fourth-order valence-electron chi connectivity index (χ4n) is 2.70. The van der Waals surface area contributed by atoms with Gasteiger partial charge < -0.3 is 14.6 Å². The van der Waals surface area contributed by atoms with Gasteiger partial charge in [0.2, 0.25) is 11.3 Å². The second-order valence-corrected chi connectivity index (χ2v) is 8.45. The summed E-state index contributed by atoms with van der Waals surface area (Å²) in [6.07, 6.45) is 1.59. The molecule has 3 rings (SSSR count). The zero-order valence-corrected chi connectivity index (χ0v) is 18.5. The molecule has 5 nitrogen and oxygen atoms in total. The summed E-state index contributed by atoms with van der Waals surface area (Å²) in [5.41, 5.74) is 2.46. The third kappa shape index (κ3) is 5.98. The number of carbonyl (C=O) groups is 1. The molecule has 1 N–H and O–H groups in total. The van der Waals surface area contributed by atoms with E-state index in [1.165, 1.54) is 18.7 Å². The van der Waals surface area contributed by atoms with E-state index in [1.807, 2.05) is 43.3 Å². The third-order valence-electron chi connectivity index (χ3n) is 4.25. The number of aromatic nitrogens is 1. The van der Waals surface area contributed by atoms with Crippen LogP contribution >= 0.6 is 27.7 Å². The summed E-state index contributed by atoms with van der Waals surface area (Å²) in [5.74, 6) is 0.596. The van der Waals surface area contributed by atoms with Crippen LogP contribution in [0.1, 0.15) is 11.3 Å². The molecule has 0 aliphatic rings. The Morgan fingerprint density at radius 2 is 1.83 bits per heavy atom. The number of methoxy groups -OCH3 is 1. The first-order chi connectivity index (χ1) is 13.9. The first kappa shape index (κ1) is 21.2. The van der Waals surface area contributed by atoms with Gasteiger partial charge in [-0.15, -0.1) is 11.8 Å². The molecule has 0 atom stereocenters. The number of ether oxygens (including phenoxy) is 1. The molecule has 29 heavy (non-hydrogen) atoms. The van der Waals surface area contributed by atoms with E-state index in [0.717, 1.165) is 15.1 Å². The standard InChI is InChI=1S/C22H21BrN2O3S/c1-15-3-9-19(10-4-15)29-14-18-11-20(26)21(28-2)12-25(18)13-22(27)24-17-7-5-16(23)6-8-17/h3-12H,13-14H2,1-2H3,(H,24,27). The average Bonchev–Trinajstić information content (AvgIpc) is 2.70. The Labute approximate surface area is 182 Å². The second-order valence-electron chi connectivity index (χ2n) is 6.48. The van der Waals surface area contributed by atoms with Gasteiger partial charge in [-0.25, -0.2) is 0 Å². The van der Waals surface area contributed by atoms with Gasteiger partial charge in [-0.1, -0.05) is 33.6 Å². The summed E-state index contributed by atoms with van der Waals surface area (Å²) in [5, 5.41) is 2.87. The van der Waals surface area contributed by atoms with Gasteiger partial charge in [0.25, 0.3) is 0 Å². The normalized spacial score (nSPS) is 10.6. The summed E-state index contributed by atoms with van der Waals surface area (Å²) in [6.45, 7) is 2.12. The highest BCUT2D eigenvalue weighted by molar-refractivity contribution is 9.10. The van der Waals surface area contributed by atoms with Crippen LogP contribution in [0.3, 0.4) is 0 Å². The lowest BCUT2D eigenvalue weighted by atomic mass is 10.2. The van der Waals surface area contributed by atoms with E-state index >= 15 is 0 Å². The van der Waals surface area contributed by atoms with Crippen LogP contribution in [0.2, 0.25) is 0 Å². The number of nitrogens with zero attached hydrogens (tertiary/aromatic N) is 1. The molecule has 1 amide bonds. The fraction of sp³-hybridized carbons (Fsp3) is 0.182. The third-order valence-corrected chi connectivity index (χ3v) is 5.83. The fourth-order valence-corrected chi connectivity index (χ4v) is 3.86. The molecule has 1 heterocycles. The first-order valence-electron chi connectivity index (χ1n) is 8.97. The molecule has 0 unspecified atom stereocenters. The molecule has 0 spiro atoms. The van der Waals surface area contributed by atoms with Gasteiger partial charge in [0, 0.05) is 32.6 Å². The van der Waals surface area contributed by atoms with Crippen molar-refractivity contribution >= 4 is 39.3 Å². The van der Waals surface area contributed by atoms with E-state index in [-0.39, 0.29) is 23.6 Å². The van der Waals surface area contributed by atoms with E-state index in [4.69, 9.17) is 4.74 Å². The Morgan fingerprint density at radius 3 is 2.48 bits per heavy atom. The number of nitrogens with one attached hydrogen (secondary N) is 1. The van der Waals surface area contributed by atoms with Crippen molar-refractivity contribution in [3.63, 3.8) is 0 Å². The van der Waals surface area contributed by atoms with Crippen LogP contribution in [0.15, 0.2) is 75.0 Å². The van der Waals surface area contributed by atoms with Crippen LogP contribution in [0, 0.1) is 6.92 Å². The van der Waals surface area contributed by atoms with Gasteiger partial charge >= 0.3 is 0 Å². The van der Waals surface area contributed by atoms with E-state index in [0.29, 0.717) is 11.4 Å². The summed E-state index contributed by atoms with van der Waals surface area (Å²) < 4.78 is 7.85. The van der Waals surface area contributed by atoms with E-state index in [2.05, 4.69) is 33.4 Å². The zero-order valence-electron chi connectivity index (χ0n) is 16.1. The highest BCUT2D eigenvalue weighted by Crippen LogP contribution is 2.23. The molecule has 0 fully saturated rings. The lowest BCUT2D eigenvalue weighted by molar-refractivity contribution is -0.116. The van der Waals surface area contributed by atoms with Crippen LogP contribution in [0.4, 0.5) is 5.69 Å². The molecule has 0 bridgehead atoms. The molecular formula is C22H21BrN2O3S. The smallest absolute Gasteiger partial charge is 0.244 e. The maximum atomic E-state index is 12.5. The van der Waals surface area contributed by atoms with Gasteiger partial charge in [-0.3, -0.25) is 9.59 Å². The first-order valence-corrected chi connectivity index (χ1v) is 10.7. The molecule has 0 aliphatic heterocycles. The number of thioether (sulfide) groups is 1. The number of aryl methyl sites for hydroxylation is 1. The van der Waals surface area contributed by atoms with Crippen molar-refractivity contribution in [3.8, 4) is 5.75 Å². The quantitative estimate of drug-likeness (QED) is 0.498. The molecule has 0 radical (unpaired) electrons. The van der Waals surface area contributed by atoms with Crippen molar-refractivity contribution in [1.29, 1.82) is 0 Å². The molecule has 0 saturated heterocycles. The number of carbonyl (C=O) groups excluding carboxylic acids is 1. The highest BCUT2D eigenvalue weighted by atomic mass is 79.9. The molecule has 0 saturated carbocycles. The van der Waals surface area contributed by atoms with Crippen molar-refractivity contribution in [2.45, 2.75) is 24.1 Å². The Kier molecular flexibility index (Phi) is 7.17. The van der Waals surface area contributed by atoms with Gasteiger partial charge in [-0.05, 0) is 43.3 Å². The molecule has 7 heteroatoms. The number of hydrogen-bond acceptors (Lipinski definition) is 4. The average molecular weight is 473 g/mol. The summed E-state index contributed by atoms with van der Waals surface area (Å²) in [6, 6.07) is 17.1. The molecule has 1 aromatic heterocycles. The number of rotatable bonds is 7. The lowest BCUT2D eigenvalue weighted by Gasteiger charge is -2.15. The maximum Gasteiger partial charge on any atom is 0.244 e. The summed E-state index contributed by atoms with van der Waals surface area (Å²) in [7, 11) is 1.45. The van der Waals surface area contributed by atoms with E-state index in [9.17, 15) is 9.59 Å². The Morgan fingerprint density at radius 1 is 1.14 bits per heavy atom. The lowest BCUT2D eigenvalue weighted by Crippen LogP contribution is -2.22. The van der Waals surface area contributed by atoms with Crippen molar-refractivity contribution in [3.05, 3.63) is 86.7 Å². The van der Waals surface area contributed by atoms with Crippen LogP contribution in [0.5, 0.6) is 5.75 Å². The summed E-state index contributed by atoms with van der Waals surface area (Å²) >= 11 is 4.99.